The van der Waals surface area contributed by atoms with Gasteiger partial charge in [0.1, 0.15) is 0 Å². The summed E-state index contributed by atoms with van der Waals surface area (Å²) in [5, 5.41) is 2.95. The van der Waals surface area contributed by atoms with Crippen molar-refractivity contribution in [1.82, 2.24) is 5.32 Å². The molecular weight excluding hydrogens is 206 g/mol. The van der Waals surface area contributed by atoms with Gasteiger partial charge < -0.3 is 14.8 Å². The van der Waals surface area contributed by atoms with Crippen LogP contribution in [0.25, 0.3) is 0 Å². The van der Waals surface area contributed by atoms with Crippen molar-refractivity contribution in [3.05, 3.63) is 12.7 Å². The minimum Gasteiger partial charge on any atom is -0.350 e. The topological polar surface area (TPSA) is 47.6 Å². The third-order valence-corrected chi connectivity index (χ3v) is 3.33. The molecule has 1 heterocycles. The van der Waals surface area contributed by atoms with Crippen LogP contribution in [0.1, 0.15) is 32.1 Å². The molecule has 0 aromatic carbocycles. The zero-order chi connectivity index (χ0) is 11.4. The molecule has 0 radical (unpaired) electrons. The molecule has 1 N–H and O–H groups in total. The first-order valence-corrected chi connectivity index (χ1v) is 5.95. The monoisotopic (exact) mass is 225 g/mol. The summed E-state index contributed by atoms with van der Waals surface area (Å²) >= 11 is 0. The number of rotatable bonds is 2. The SMILES string of the molecule is C=CC(=O)NC1CCCC2(CC1)OCCO2. The molecule has 2 aliphatic rings. The summed E-state index contributed by atoms with van der Waals surface area (Å²) in [6.07, 6.45) is 6.07. The fourth-order valence-electron chi connectivity index (χ4n) is 2.47. The Balaban J connectivity index is 1.87. The number of ether oxygens (including phenoxy) is 2. The number of hydrogen-bond donors (Lipinski definition) is 1. The van der Waals surface area contributed by atoms with Gasteiger partial charge in [-0.2, -0.15) is 0 Å². The predicted molar refractivity (Wildman–Crippen MR) is 59.8 cm³/mol. The van der Waals surface area contributed by atoms with Crippen LogP contribution in [0.15, 0.2) is 12.7 Å². The number of nitrogens with one attached hydrogen (secondary N) is 1. The molecule has 2 rings (SSSR count). The van der Waals surface area contributed by atoms with E-state index in [-0.39, 0.29) is 17.7 Å². The molecule has 1 saturated heterocycles. The van der Waals surface area contributed by atoms with Crippen LogP contribution in [0.4, 0.5) is 0 Å². The fourth-order valence-corrected chi connectivity index (χ4v) is 2.47. The van der Waals surface area contributed by atoms with Gasteiger partial charge in [-0.15, -0.1) is 0 Å². The van der Waals surface area contributed by atoms with E-state index >= 15 is 0 Å². The molecule has 1 amide bonds. The van der Waals surface area contributed by atoms with Crippen LogP contribution in [0, 0.1) is 0 Å². The van der Waals surface area contributed by atoms with Gasteiger partial charge in [-0.1, -0.05) is 6.58 Å². The Labute approximate surface area is 96.0 Å². The number of hydrogen-bond acceptors (Lipinski definition) is 3. The number of carbonyl (C=O) groups excluding carboxylic acids is 1. The molecule has 1 aliphatic carbocycles. The third-order valence-electron chi connectivity index (χ3n) is 3.33. The largest absolute Gasteiger partial charge is 0.350 e. The molecule has 0 aromatic heterocycles. The van der Waals surface area contributed by atoms with Gasteiger partial charge in [-0.05, 0) is 25.3 Å². The predicted octanol–water partition coefficient (Wildman–Crippen LogP) is 1.36. The average Bonchev–Trinajstić information content (AvgIpc) is 2.65. The summed E-state index contributed by atoms with van der Waals surface area (Å²) in [6, 6.07) is 0.234. The molecular formula is C12H19NO3. The molecule has 1 unspecified atom stereocenters. The Morgan fingerprint density at radius 3 is 2.75 bits per heavy atom. The maximum absolute atomic E-state index is 11.2. The summed E-state index contributed by atoms with van der Waals surface area (Å²) in [6.45, 7) is 4.86. The second kappa shape index (κ2) is 4.97. The highest BCUT2D eigenvalue weighted by Gasteiger charge is 2.38. The fraction of sp³-hybridized carbons (Fsp3) is 0.750. The van der Waals surface area contributed by atoms with Crippen molar-refractivity contribution in [3.63, 3.8) is 0 Å². The van der Waals surface area contributed by atoms with Crippen LogP contribution in [-0.4, -0.2) is 30.9 Å². The van der Waals surface area contributed by atoms with E-state index in [9.17, 15) is 4.79 Å². The second-order valence-electron chi connectivity index (χ2n) is 4.45. The molecule has 90 valence electrons. The van der Waals surface area contributed by atoms with Crippen molar-refractivity contribution in [1.29, 1.82) is 0 Å². The van der Waals surface area contributed by atoms with E-state index in [1.54, 1.807) is 0 Å². The molecule has 4 nitrogen and oxygen atoms in total. The normalized spacial score (nSPS) is 28.6. The lowest BCUT2D eigenvalue weighted by molar-refractivity contribution is -0.165. The van der Waals surface area contributed by atoms with Gasteiger partial charge in [0, 0.05) is 18.9 Å². The summed E-state index contributed by atoms with van der Waals surface area (Å²) < 4.78 is 11.4. The lowest BCUT2D eigenvalue weighted by Gasteiger charge is -2.25. The van der Waals surface area contributed by atoms with Crippen LogP contribution in [0.3, 0.4) is 0 Å². The molecule has 4 heteroatoms. The molecule has 16 heavy (non-hydrogen) atoms. The van der Waals surface area contributed by atoms with Gasteiger partial charge in [-0.25, -0.2) is 0 Å². The van der Waals surface area contributed by atoms with E-state index in [2.05, 4.69) is 11.9 Å². The Morgan fingerprint density at radius 2 is 2.06 bits per heavy atom. The van der Waals surface area contributed by atoms with Gasteiger partial charge in [0.2, 0.25) is 5.91 Å². The molecule has 2 fully saturated rings. The van der Waals surface area contributed by atoms with E-state index in [4.69, 9.17) is 9.47 Å². The highest BCUT2D eigenvalue weighted by atomic mass is 16.7. The molecule has 0 bridgehead atoms. The van der Waals surface area contributed by atoms with Crippen molar-refractivity contribution >= 4 is 5.91 Å². The molecule has 1 aliphatic heterocycles. The van der Waals surface area contributed by atoms with E-state index < -0.39 is 0 Å². The summed E-state index contributed by atoms with van der Waals surface area (Å²) in [4.78, 5) is 11.2. The van der Waals surface area contributed by atoms with Crippen molar-refractivity contribution in [2.45, 2.75) is 43.9 Å². The maximum Gasteiger partial charge on any atom is 0.243 e. The minimum absolute atomic E-state index is 0.0887. The van der Waals surface area contributed by atoms with Crippen molar-refractivity contribution in [2.75, 3.05) is 13.2 Å². The first-order valence-electron chi connectivity index (χ1n) is 5.95. The van der Waals surface area contributed by atoms with Gasteiger partial charge >= 0.3 is 0 Å². The van der Waals surface area contributed by atoms with Crippen LogP contribution in [-0.2, 0) is 14.3 Å². The van der Waals surface area contributed by atoms with Crippen LogP contribution in [0.5, 0.6) is 0 Å². The summed E-state index contributed by atoms with van der Waals surface area (Å²) in [7, 11) is 0. The Kier molecular flexibility index (Phi) is 3.61. The van der Waals surface area contributed by atoms with Gasteiger partial charge in [0.25, 0.3) is 0 Å². The average molecular weight is 225 g/mol. The van der Waals surface area contributed by atoms with Crippen molar-refractivity contribution in [3.8, 4) is 0 Å². The highest BCUT2D eigenvalue weighted by Crippen LogP contribution is 2.34. The van der Waals surface area contributed by atoms with E-state index in [1.807, 2.05) is 0 Å². The lowest BCUT2D eigenvalue weighted by Crippen LogP contribution is -2.34. The Morgan fingerprint density at radius 1 is 1.31 bits per heavy atom. The van der Waals surface area contributed by atoms with E-state index in [0.29, 0.717) is 13.2 Å². The van der Waals surface area contributed by atoms with E-state index in [0.717, 1.165) is 32.1 Å². The van der Waals surface area contributed by atoms with Crippen LogP contribution in [0.2, 0.25) is 0 Å². The maximum atomic E-state index is 11.2. The Hall–Kier alpha value is -0.870. The zero-order valence-corrected chi connectivity index (χ0v) is 9.54. The summed E-state index contributed by atoms with van der Waals surface area (Å²) in [5.74, 6) is -0.442. The van der Waals surface area contributed by atoms with Crippen molar-refractivity contribution in [2.24, 2.45) is 0 Å². The standard InChI is InChI=1S/C12H19NO3/c1-2-11(14)13-10-4-3-6-12(7-5-10)15-8-9-16-12/h2,10H,1,3-9H2,(H,13,14). The first kappa shape index (κ1) is 11.6. The minimum atomic E-state index is -0.354. The summed E-state index contributed by atoms with van der Waals surface area (Å²) in [5.41, 5.74) is 0. The second-order valence-corrected chi connectivity index (χ2v) is 4.45. The van der Waals surface area contributed by atoms with Crippen LogP contribution >= 0.6 is 0 Å². The van der Waals surface area contributed by atoms with Crippen molar-refractivity contribution < 1.29 is 14.3 Å². The first-order chi connectivity index (χ1) is 7.74. The quantitative estimate of drug-likeness (QED) is 0.722. The van der Waals surface area contributed by atoms with Gasteiger partial charge in [-0.3, -0.25) is 4.79 Å². The zero-order valence-electron chi connectivity index (χ0n) is 9.54. The molecule has 0 aromatic rings. The lowest BCUT2D eigenvalue weighted by atomic mass is 10.1. The Bertz CT molecular complexity index is 271. The van der Waals surface area contributed by atoms with Gasteiger partial charge in [0.05, 0.1) is 13.2 Å². The molecule has 1 saturated carbocycles. The van der Waals surface area contributed by atoms with E-state index in [1.165, 1.54) is 6.08 Å². The number of amides is 1. The smallest absolute Gasteiger partial charge is 0.243 e. The van der Waals surface area contributed by atoms with Crippen LogP contribution < -0.4 is 5.32 Å². The van der Waals surface area contributed by atoms with Gasteiger partial charge in [0.15, 0.2) is 5.79 Å². The number of carbonyl (C=O) groups is 1. The third kappa shape index (κ3) is 2.62. The highest BCUT2D eigenvalue weighted by molar-refractivity contribution is 5.87. The molecule has 1 spiro atoms. The molecule has 1 atom stereocenters.